The zero-order valence-corrected chi connectivity index (χ0v) is 26.9. The Kier molecular flexibility index (Phi) is 19.3. The quantitative estimate of drug-likeness (QED) is 0.240. The van der Waals surface area contributed by atoms with Crippen molar-refractivity contribution in [1.82, 2.24) is 0 Å². The molecule has 2 aromatic carbocycles. The second kappa shape index (κ2) is 16.5. The molecule has 3 rings (SSSR count). The molecule has 1 atom stereocenters. The van der Waals surface area contributed by atoms with Gasteiger partial charge in [0, 0.05) is 12.5 Å². The van der Waals surface area contributed by atoms with Gasteiger partial charge in [0.15, 0.2) is 6.10 Å². The van der Waals surface area contributed by atoms with Crippen LogP contribution >= 0.6 is 7.82 Å². The van der Waals surface area contributed by atoms with Gasteiger partial charge in [0.2, 0.25) is 0 Å². The van der Waals surface area contributed by atoms with E-state index in [0.717, 1.165) is 11.1 Å². The Morgan fingerprint density at radius 1 is 1.00 bits per heavy atom. The van der Waals surface area contributed by atoms with E-state index in [-0.39, 0.29) is 173 Å². The summed E-state index contributed by atoms with van der Waals surface area (Å²) in [6.45, 7) is 0.0839. The molecule has 1 aliphatic rings. The number of fused-ring (bicyclic) bond motifs is 3. The number of carbonyl (C=O) groups is 1. The standard InChI is InChI=1S/C17H17NO3.3K.H3O4P/c18-9-16(19)17(20)21-10-15-13-7-3-1-5-11(13)12-6-2-4-8-14(12)15;;;;1-5(2,3)4/h1-8,15-16,19H,9-10,18H2;;;;(H3,1,2,3,4)/q;3*+1;/p-3. The van der Waals surface area contributed by atoms with E-state index >= 15 is 0 Å². The zero-order valence-electron chi connectivity index (χ0n) is 16.6. The summed E-state index contributed by atoms with van der Waals surface area (Å²) in [5, 5.41) is 9.39. The second-order valence-corrected chi connectivity index (χ2v) is 6.45. The minimum atomic E-state index is -5.39. The van der Waals surface area contributed by atoms with Crippen LogP contribution in [0.15, 0.2) is 48.5 Å². The van der Waals surface area contributed by atoms with Gasteiger partial charge in [-0.05, 0) is 22.3 Å². The number of phosphoric acid groups is 1. The molecule has 29 heavy (non-hydrogen) atoms. The van der Waals surface area contributed by atoms with Crippen molar-refractivity contribution in [2.75, 3.05) is 13.2 Å². The predicted molar refractivity (Wildman–Crippen MR) is 87.3 cm³/mol. The summed E-state index contributed by atoms with van der Waals surface area (Å²) < 4.78 is 13.8. The summed E-state index contributed by atoms with van der Waals surface area (Å²) in [6.07, 6.45) is -1.25. The normalized spacial score (nSPS) is 12.4. The molecule has 0 saturated heterocycles. The number of aliphatic hydroxyl groups excluding tert-OH is 1. The van der Waals surface area contributed by atoms with Gasteiger partial charge in [-0.3, -0.25) is 0 Å². The average molecular weight is 496 g/mol. The van der Waals surface area contributed by atoms with Crippen LogP contribution in [0.5, 0.6) is 0 Å². The molecule has 1 aliphatic carbocycles. The van der Waals surface area contributed by atoms with E-state index < -0.39 is 19.9 Å². The summed E-state index contributed by atoms with van der Waals surface area (Å²) in [5.41, 5.74) is 9.90. The maximum atomic E-state index is 11.6. The number of ether oxygens (including phenoxy) is 1. The molecule has 1 unspecified atom stereocenters. The number of carbonyl (C=O) groups excluding carboxylic acids is 1. The Balaban J connectivity index is 0. The van der Waals surface area contributed by atoms with Crippen LogP contribution in [-0.4, -0.2) is 30.3 Å². The van der Waals surface area contributed by atoms with Gasteiger partial charge in [-0.15, -0.1) is 0 Å². The van der Waals surface area contributed by atoms with Crippen molar-refractivity contribution in [2.45, 2.75) is 12.0 Å². The summed E-state index contributed by atoms with van der Waals surface area (Å²) >= 11 is 0. The molecule has 0 heterocycles. The van der Waals surface area contributed by atoms with Crippen molar-refractivity contribution in [2.24, 2.45) is 5.73 Å². The topological polar surface area (TPSA) is 159 Å². The summed E-state index contributed by atoms with van der Waals surface area (Å²) in [4.78, 5) is 37.2. The fraction of sp³-hybridized carbons (Fsp3) is 0.235. The van der Waals surface area contributed by atoms with Crippen molar-refractivity contribution in [3.8, 4) is 11.1 Å². The van der Waals surface area contributed by atoms with Gasteiger partial charge in [-0.1, -0.05) is 48.5 Å². The molecule has 0 fully saturated rings. The Morgan fingerprint density at radius 2 is 1.38 bits per heavy atom. The first-order valence-electron chi connectivity index (χ1n) is 7.68. The van der Waals surface area contributed by atoms with Crippen molar-refractivity contribution >= 4 is 13.8 Å². The van der Waals surface area contributed by atoms with Crippen molar-refractivity contribution in [3.05, 3.63) is 59.7 Å². The summed E-state index contributed by atoms with van der Waals surface area (Å²) in [7, 11) is -5.39. The first-order chi connectivity index (χ1) is 12.2. The number of hydrogen-bond acceptors (Lipinski definition) is 8. The largest absolute Gasteiger partial charge is 1.00 e. The molecule has 0 saturated carbocycles. The minimum absolute atomic E-state index is 0. The van der Waals surface area contributed by atoms with Crippen LogP contribution in [0.3, 0.4) is 0 Å². The molecule has 0 radical (unpaired) electrons. The molecule has 0 amide bonds. The third-order valence-corrected chi connectivity index (χ3v) is 3.85. The van der Waals surface area contributed by atoms with Crippen LogP contribution in [0.4, 0.5) is 0 Å². The van der Waals surface area contributed by atoms with Gasteiger partial charge in [0.25, 0.3) is 0 Å². The predicted octanol–water partition coefficient (Wildman–Crippen LogP) is -10.2. The molecule has 140 valence electrons. The third kappa shape index (κ3) is 11.2. The van der Waals surface area contributed by atoms with Crippen molar-refractivity contribution in [1.29, 1.82) is 0 Å². The van der Waals surface area contributed by atoms with E-state index in [1.54, 1.807) is 0 Å². The number of aliphatic hydroxyl groups is 1. The van der Waals surface area contributed by atoms with E-state index in [1.165, 1.54) is 11.1 Å². The third-order valence-electron chi connectivity index (χ3n) is 3.85. The smallest absolute Gasteiger partial charge is 0.822 e. The molecule has 0 spiro atoms. The van der Waals surface area contributed by atoms with E-state index in [0.29, 0.717) is 0 Å². The average Bonchev–Trinajstić information content (AvgIpc) is 2.91. The first kappa shape index (κ1) is 34.0. The Labute approximate surface area is 296 Å². The van der Waals surface area contributed by atoms with Gasteiger partial charge in [0.05, 0.1) is 0 Å². The van der Waals surface area contributed by atoms with E-state index in [4.69, 9.17) is 29.7 Å². The van der Waals surface area contributed by atoms with Crippen LogP contribution < -0.4 is 175 Å². The molecule has 12 heteroatoms. The zero-order chi connectivity index (χ0) is 19.3. The Bertz CT molecular complexity index is 780. The molecule has 0 aromatic heterocycles. The number of hydrogen-bond donors (Lipinski definition) is 2. The van der Waals surface area contributed by atoms with Crippen LogP contribution in [0.1, 0.15) is 17.0 Å². The molecule has 8 nitrogen and oxygen atoms in total. The summed E-state index contributed by atoms with van der Waals surface area (Å²) in [6, 6.07) is 16.2. The monoisotopic (exact) mass is 495 g/mol. The van der Waals surface area contributed by atoms with Gasteiger partial charge in [-0.2, -0.15) is 7.82 Å². The van der Waals surface area contributed by atoms with E-state index in [1.807, 2.05) is 36.4 Å². The van der Waals surface area contributed by atoms with E-state index in [9.17, 15) is 9.90 Å². The number of benzene rings is 2. The molecular formula is C17H17K3NO7P. The SMILES string of the molecule is NCC(O)C(=O)OCC1c2ccccc2-c2ccccc21.O=P([O-])([O-])[O-].[K+].[K+].[K+]. The maximum absolute atomic E-state index is 11.6. The molecule has 0 aliphatic heterocycles. The van der Waals surface area contributed by atoms with Gasteiger partial charge in [0.1, 0.15) is 6.61 Å². The number of nitrogens with two attached hydrogens (primary N) is 1. The Hall–Kier alpha value is 2.85. The second-order valence-electron chi connectivity index (χ2n) is 5.56. The molecular weight excluding hydrogens is 478 g/mol. The Morgan fingerprint density at radius 3 is 1.76 bits per heavy atom. The van der Waals surface area contributed by atoms with Crippen molar-refractivity contribution in [3.63, 3.8) is 0 Å². The van der Waals surface area contributed by atoms with Crippen LogP contribution in [0.25, 0.3) is 11.1 Å². The maximum Gasteiger partial charge on any atom is 1.00 e. The number of rotatable bonds is 4. The van der Waals surface area contributed by atoms with Crippen LogP contribution in [0.2, 0.25) is 0 Å². The molecule has 0 bridgehead atoms. The molecule has 2 aromatic rings. The van der Waals surface area contributed by atoms with Crippen LogP contribution in [0, 0.1) is 0 Å². The van der Waals surface area contributed by atoms with Gasteiger partial charge < -0.3 is 34.8 Å². The fourth-order valence-corrected chi connectivity index (χ4v) is 2.80. The molecule has 3 N–H and O–H groups in total. The van der Waals surface area contributed by atoms with E-state index in [2.05, 4.69) is 12.1 Å². The number of esters is 1. The first-order valence-corrected chi connectivity index (χ1v) is 9.14. The summed E-state index contributed by atoms with van der Waals surface area (Å²) in [5.74, 6) is -0.661. The van der Waals surface area contributed by atoms with Crippen LogP contribution in [-0.2, 0) is 14.1 Å². The fourth-order valence-electron chi connectivity index (χ4n) is 2.80. The van der Waals surface area contributed by atoms with Gasteiger partial charge >= 0.3 is 160 Å². The minimum Gasteiger partial charge on any atom is -0.822 e. The van der Waals surface area contributed by atoms with Crippen molar-refractivity contribution < 1.29 is 188 Å². The van der Waals surface area contributed by atoms with Gasteiger partial charge in [-0.25, -0.2) is 4.79 Å².